The lowest BCUT2D eigenvalue weighted by Gasteiger charge is -2.15. The average Bonchev–Trinajstić information content (AvgIpc) is 3.14. The number of hydrogen-bond donors (Lipinski definition) is 2. The largest absolute Gasteiger partial charge is 0.318 e. The third kappa shape index (κ3) is 4.27. The fourth-order valence-corrected chi connectivity index (χ4v) is 2.94. The van der Waals surface area contributed by atoms with Crippen molar-refractivity contribution in [2.45, 2.75) is 30.3 Å². The minimum absolute atomic E-state index is 0.225. The van der Waals surface area contributed by atoms with Crippen LogP contribution in [0.15, 0.2) is 17.3 Å². The molecule has 1 fully saturated rings. The fourth-order valence-electron chi connectivity index (χ4n) is 1.97. The Morgan fingerprint density at radius 3 is 2.85 bits per heavy atom. The maximum absolute atomic E-state index is 12.1. The zero-order chi connectivity index (χ0) is 14.6. The molecule has 8 heteroatoms. The lowest BCUT2D eigenvalue weighted by Crippen LogP contribution is -2.33. The monoisotopic (exact) mass is 301 g/mol. The smallest absolute Gasteiger partial charge is 0.243 e. The van der Waals surface area contributed by atoms with Crippen LogP contribution in [0.25, 0.3) is 0 Å². The topological polar surface area (TPSA) is 79.3 Å². The van der Waals surface area contributed by atoms with E-state index in [2.05, 4.69) is 20.0 Å². The summed E-state index contributed by atoms with van der Waals surface area (Å²) in [7, 11) is 0.430. The summed E-state index contributed by atoms with van der Waals surface area (Å²) < 4.78 is 28.4. The van der Waals surface area contributed by atoms with Crippen molar-refractivity contribution in [3.8, 4) is 0 Å². The van der Waals surface area contributed by atoms with Gasteiger partial charge in [-0.2, -0.15) is 5.10 Å². The molecule has 0 saturated heterocycles. The van der Waals surface area contributed by atoms with E-state index < -0.39 is 10.0 Å². The molecule has 0 radical (unpaired) electrons. The average molecular weight is 301 g/mol. The standard InChI is InChI=1S/C12H23N5O2S/c1-13-5-8-17-10-12(9-14-17)20(18,19)15-6-7-16(2)11-3-4-11/h9-11,13,15H,3-8H2,1-2H3. The van der Waals surface area contributed by atoms with Gasteiger partial charge in [-0.15, -0.1) is 0 Å². The maximum atomic E-state index is 12.1. The Morgan fingerprint density at radius 2 is 2.20 bits per heavy atom. The summed E-state index contributed by atoms with van der Waals surface area (Å²) in [6.07, 6.45) is 5.40. The number of likely N-dealkylation sites (N-methyl/N-ethyl adjacent to an activating group) is 2. The molecule has 1 saturated carbocycles. The van der Waals surface area contributed by atoms with Gasteiger partial charge in [0.1, 0.15) is 4.90 Å². The minimum atomic E-state index is -3.45. The van der Waals surface area contributed by atoms with Gasteiger partial charge in [0.05, 0.1) is 12.7 Å². The van der Waals surface area contributed by atoms with Crippen molar-refractivity contribution in [2.75, 3.05) is 33.7 Å². The number of nitrogens with zero attached hydrogens (tertiary/aromatic N) is 3. The first kappa shape index (κ1) is 15.4. The Labute approximate surface area is 120 Å². The SMILES string of the molecule is CNCCn1cc(S(=O)(=O)NCCN(C)C2CC2)cn1. The van der Waals surface area contributed by atoms with Crippen molar-refractivity contribution in [3.63, 3.8) is 0 Å². The number of rotatable bonds is 9. The number of sulfonamides is 1. The lowest BCUT2D eigenvalue weighted by atomic mass is 10.5. The van der Waals surface area contributed by atoms with Crippen LogP contribution in [0.2, 0.25) is 0 Å². The van der Waals surface area contributed by atoms with E-state index in [1.165, 1.54) is 19.0 Å². The minimum Gasteiger partial charge on any atom is -0.318 e. The van der Waals surface area contributed by atoms with Crippen LogP contribution >= 0.6 is 0 Å². The van der Waals surface area contributed by atoms with E-state index in [0.717, 1.165) is 13.1 Å². The normalized spacial score (nSPS) is 15.9. The van der Waals surface area contributed by atoms with Crippen LogP contribution in [0, 0.1) is 0 Å². The summed E-state index contributed by atoms with van der Waals surface area (Å²) in [4.78, 5) is 2.42. The van der Waals surface area contributed by atoms with E-state index in [1.807, 2.05) is 14.1 Å². The van der Waals surface area contributed by atoms with Crippen molar-refractivity contribution in [2.24, 2.45) is 0 Å². The molecule has 20 heavy (non-hydrogen) atoms. The van der Waals surface area contributed by atoms with E-state index >= 15 is 0 Å². The highest BCUT2D eigenvalue weighted by Crippen LogP contribution is 2.24. The van der Waals surface area contributed by atoms with Crippen LogP contribution in [0.1, 0.15) is 12.8 Å². The molecule has 2 rings (SSSR count). The van der Waals surface area contributed by atoms with Gasteiger partial charge in [-0.1, -0.05) is 0 Å². The van der Waals surface area contributed by atoms with Gasteiger partial charge < -0.3 is 10.2 Å². The first-order valence-corrected chi connectivity index (χ1v) is 8.38. The van der Waals surface area contributed by atoms with Crippen LogP contribution in [-0.4, -0.2) is 62.9 Å². The number of hydrogen-bond acceptors (Lipinski definition) is 5. The molecule has 1 aliphatic carbocycles. The van der Waals surface area contributed by atoms with E-state index in [-0.39, 0.29) is 4.90 Å². The van der Waals surface area contributed by atoms with Gasteiger partial charge in [-0.3, -0.25) is 4.68 Å². The Hall–Kier alpha value is -0.960. The molecule has 0 aromatic carbocycles. The molecule has 1 heterocycles. The van der Waals surface area contributed by atoms with Crippen molar-refractivity contribution in [1.82, 2.24) is 24.7 Å². The highest BCUT2D eigenvalue weighted by atomic mass is 32.2. The predicted molar refractivity (Wildman–Crippen MR) is 77.0 cm³/mol. The van der Waals surface area contributed by atoms with E-state index in [9.17, 15) is 8.42 Å². The Morgan fingerprint density at radius 1 is 1.45 bits per heavy atom. The fraction of sp³-hybridized carbons (Fsp3) is 0.750. The number of nitrogens with one attached hydrogen (secondary N) is 2. The Bertz CT molecular complexity index is 524. The summed E-state index contributed by atoms with van der Waals surface area (Å²) in [5, 5.41) is 7.04. The summed E-state index contributed by atoms with van der Waals surface area (Å²) in [6, 6.07) is 0.642. The molecule has 1 aromatic rings. The molecule has 114 valence electrons. The van der Waals surface area contributed by atoms with Crippen LogP contribution in [0.4, 0.5) is 0 Å². The third-order valence-electron chi connectivity index (χ3n) is 3.44. The quantitative estimate of drug-likeness (QED) is 0.641. The molecule has 0 bridgehead atoms. The lowest BCUT2D eigenvalue weighted by molar-refractivity contribution is 0.329. The van der Waals surface area contributed by atoms with Gasteiger partial charge in [0.15, 0.2) is 0 Å². The second-order valence-corrected chi connectivity index (χ2v) is 6.92. The summed E-state index contributed by atoms with van der Waals surface area (Å²) in [5.74, 6) is 0. The van der Waals surface area contributed by atoms with Crippen LogP contribution in [0.5, 0.6) is 0 Å². The van der Waals surface area contributed by atoms with Gasteiger partial charge in [-0.25, -0.2) is 13.1 Å². The van der Waals surface area contributed by atoms with Crippen molar-refractivity contribution < 1.29 is 8.42 Å². The summed E-state index contributed by atoms with van der Waals surface area (Å²) >= 11 is 0. The van der Waals surface area contributed by atoms with E-state index in [0.29, 0.717) is 19.1 Å². The van der Waals surface area contributed by atoms with Crippen LogP contribution < -0.4 is 10.0 Å². The van der Waals surface area contributed by atoms with Gasteiger partial charge >= 0.3 is 0 Å². The zero-order valence-electron chi connectivity index (χ0n) is 12.0. The second kappa shape index (κ2) is 6.66. The molecule has 1 aliphatic rings. The molecule has 0 aliphatic heterocycles. The third-order valence-corrected chi connectivity index (χ3v) is 4.85. The van der Waals surface area contributed by atoms with Gasteiger partial charge in [0.2, 0.25) is 10.0 Å². The van der Waals surface area contributed by atoms with Gasteiger partial charge in [-0.05, 0) is 26.9 Å². The van der Waals surface area contributed by atoms with Crippen molar-refractivity contribution >= 4 is 10.0 Å². The number of aromatic nitrogens is 2. The molecular weight excluding hydrogens is 278 g/mol. The molecule has 1 aromatic heterocycles. The first-order chi connectivity index (χ1) is 9.53. The molecule has 2 N–H and O–H groups in total. The zero-order valence-corrected chi connectivity index (χ0v) is 12.9. The van der Waals surface area contributed by atoms with Gasteiger partial charge in [0, 0.05) is 31.9 Å². The summed E-state index contributed by atoms with van der Waals surface area (Å²) in [5.41, 5.74) is 0. The Kier molecular flexibility index (Phi) is 5.14. The molecule has 0 unspecified atom stereocenters. The molecule has 0 amide bonds. The van der Waals surface area contributed by atoms with Crippen molar-refractivity contribution in [3.05, 3.63) is 12.4 Å². The molecule has 0 atom stereocenters. The highest BCUT2D eigenvalue weighted by molar-refractivity contribution is 7.89. The summed E-state index contributed by atoms with van der Waals surface area (Å²) in [6.45, 7) is 2.56. The first-order valence-electron chi connectivity index (χ1n) is 6.90. The predicted octanol–water partition coefficient (Wildman–Crippen LogP) is -0.525. The van der Waals surface area contributed by atoms with Crippen molar-refractivity contribution in [1.29, 1.82) is 0 Å². The molecule has 0 spiro atoms. The highest BCUT2D eigenvalue weighted by Gasteiger charge is 2.26. The van der Waals surface area contributed by atoms with Crippen LogP contribution in [0.3, 0.4) is 0 Å². The Balaban J connectivity index is 1.83. The molecule has 7 nitrogen and oxygen atoms in total. The van der Waals surface area contributed by atoms with Crippen LogP contribution in [-0.2, 0) is 16.6 Å². The maximum Gasteiger partial charge on any atom is 0.243 e. The second-order valence-electron chi connectivity index (χ2n) is 5.15. The van der Waals surface area contributed by atoms with E-state index in [1.54, 1.807) is 10.9 Å². The molecular formula is C12H23N5O2S. The van der Waals surface area contributed by atoms with Gasteiger partial charge in [0.25, 0.3) is 0 Å². The van der Waals surface area contributed by atoms with E-state index in [4.69, 9.17) is 0 Å².